The minimum atomic E-state index is 0.107. The Hall–Kier alpha value is -1.30. The number of hydrogen-bond acceptors (Lipinski definition) is 0. The second-order valence-electron chi connectivity index (χ2n) is 6.48. The van der Waals surface area contributed by atoms with Crippen molar-refractivity contribution in [2.75, 3.05) is 0 Å². The Morgan fingerprint density at radius 1 is 1.20 bits per heavy atom. The molecule has 0 aromatic rings. The fourth-order valence-electron chi connectivity index (χ4n) is 3.78. The van der Waals surface area contributed by atoms with Crippen LogP contribution in [0.3, 0.4) is 0 Å². The summed E-state index contributed by atoms with van der Waals surface area (Å²) in [6.45, 7) is 17.4. The summed E-state index contributed by atoms with van der Waals surface area (Å²) in [7, 11) is 0. The standard InChI is InChI=1S/C20H30/c1-8-12-16(13-9-2)20(7)15-19(5,6)18(14-10-3)17(20)11-4/h8,10-14H,3,9,15H2,1-2,4-7H3/b12-8-,16-13+,17-11+,18-14?. The molecule has 1 saturated carbocycles. The van der Waals surface area contributed by atoms with E-state index < -0.39 is 0 Å². The van der Waals surface area contributed by atoms with Crippen molar-refractivity contribution in [1.82, 2.24) is 0 Å². The smallest absolute Gasteiger partial charge is 0.0179 e. The van der Waals surface area contributed by atoms with Gasteiger partial charge < -0.3 is 0 Å². The van der Waals surface area contributed by atoms with E-state index in [4.69, 9.17) is 0 Å². The predicted octanol–water partition coefficient (Wildman–Crippen LogP) is 6.39. The molecule has 0 aromatic heterocycles. The van der Waals surface area contributed by atoms with Crippen molar-refractivity contribution >= 4 is 0 Å². The summed E-state index contributed by atoms with van der Waals surface area (Å²) in [5.74, 6) is 0. The molecule has 20 heavy (non-hydrogen) atoms. The van der Waals surface area contributed by atoms with Gasteiger partial charge >= 0.3 is 0 Å². The van der Waals surface area contributed by atoms with Crippen molar-refractivity contribution in [2.45, 2.75) is 54.4 Å². The molecule has 0 heteroatoms. The third kappa shape index (κ3) is 2.90. The van der Waals surface area contributed by atoms with Crippen LogP contribution in [0.15, 0.2) is 59.8 Å². The van der Waals surface area contributed by atoms with Crippen molar-refractivity contribution < 1.29 is 0 Å². The molecule has 0 aromatic carbocycles. The molecule has 0 spiro atoms. The average Bonchev–Trinajstić information content (AvgIpc) is 2.57. The average molecular weight is 270 g/mol. The van der Waals surface area contributed by atoms with Crippen LogP contribution in [0.1, 0.15) is 54.4 Å². The monoisotopic (exact) mass is 270 g/mol. The molecular formula is C20H30. The normalized spacial score (nSPS) is 30.6. The zero-order chi connectivity index (χ0) is 15.4. The summed E-state index contributed by atoms with van der Waals surface area (Å²) in [5, 5.41) is 0. The van der Waals surface area contributed by atoms with E-state index in [1.54, 1.807) is 0 Å². The fourth-order valence-corrected chi connectivity index (χ4v) is 3.78. The van der Waals surface area contributed by atoms with Crippen molar-refractivity contribution in [1.29, 1.82) is 0 Å². The zero-order valence-electron chi connectivity index (χ0n) is 14.1. The molecule has 1 unspecified atom stereocenters. The van der Waals surface area contributed by atoms with Crippen LogP contribution < -0.4 is 0 Å². The SMILES string of the molecule is C=CC=C1/C(=C\C)C(C)(C(/C=C\C)=C/CC)CC1(C)C. The van der Waals surface area contributed by atoms with Gasteiger partial charge in [0.05, 0.1) is 0 Å². The van der Waals surface area contributed by atoms with Crippen molar-refractivity contribution in [3.05, 3.63) is 59.8 Å². The van der Waals surface area contributed by atoms with E-state index in [-0.39, 0.29) is 10.8 Å². The highest BCUT2D eigenvalue weighted by atomic mass is 14.5. The molecule has 0 saturated heterocycles. The van der Waals surface area contributed by atoms with E-state index in [2.05, 4.69) is 78.5 Å². The number of hydrogen-bond donors (Lipinski definition) is 0. The summed E-state index contributed by atoms with van der Waals surface area (Å²) in [4.78, 5) is 0. The molecule has 1 aliphatic rings. The van der Waals surface area contributed by atoms with Crippen LogP contribution in [0, 0.1) is 10.8 Å². The van der Waals surface area contributed by atoms with Gasteiger partial charge in [-0.3, -0.25) is 0 Å². The summed E-state index contributed by atoms with van der Waals surface area (Å²) in [6, 6.07) is 0. The maximum absolute atomic E-state index is 3.89. The third-order valence-electron chi connectivity index (χ3n) is 4.39. The molecule has 0 amide bonds. The van der Waals surface area contributed by atoms with E-state index in [0.717, 1.165) is 12.8 Å². The van der Waals surface area contributed by atoms with E-state index in [1.165, 1.54) is 16.7 Å². The molecule has 1 aliphatic carbocycles. The molecule has 0 radical (unpaired) electrons. The molecule has 0 heterocycles. The molecule has 0 bridgehead atoms. The van der Waals surface area contributed by atoms with Gasteiger partial charge in [0.15, 0.2) is 0 Å². The molecule has 1 atom stereocenters. The Bertz CT molecular complexity index is 480. The van der Waals surface area contributed by atoms with Crippen LogP contribution in [-0.2, 0) is 0 Å². The molecule has 0 N–H and O–H groups in total. The Balaban J connectivity index is 3.48. The lowest BCUT2D eigenvalue weighted by atomic mass is 9.74. The topological polar surface area (TPSA) is 0 Å². The van der Waals surface area contributed by atoms with Crippen molar-refractivity contribution in [3.8, 4) is 0 Å². The number of allylic oxidation sites excluding steroid dienone is 9. The molecule has 0 nitrogen and oxygen atoms in total. The fraction of sp³-hybridized carbons (Fsp3) is 0.500. The molecule has 110 valence electrons. The van der Waals surface area contributed by atoms with Crippen molar-refractivity contribution in [3.63, 3.8) is 0 Å². The quantitative estimate of drug-likeness (QED) is 0.519. The highest BCUT2D eigenvalue weighted by Crippen LogP contribution is 2.59. The van der Waals surface area contributed by atoms with Crippen LogP contribution >= 0.6 is 0 Å². The largest absolute Gasteiger partial charge is 0.0991 e. The van der Waals surface area contributed by atoms with Gasteiger partial charge in [-0.15, -0.1) is 0 Å². The van der Waals surface area contributed by atoms with Crippen LogP contribution in [0.2, 0.25) is 0 Å². The maximum atomic E-state index is 3.89. The third-order valence-corrected chi connectivity index (χ3v) is 4.39. The minimum absolute atomic E-state index is 0.107. The Kier molecular flexibility index (Phi) is 5.39. The molecular weight excluding hydrogens is 240 g/mol. The minimum Gasteiger partial charge on any atom is -0.0991 e. The van der Waals surface area contributed by atoms with Gasteiger partial charge in [0.1, 0.15) is 0 Å². The Morgan fingerprint density at radius 2 is 1.85 bits per heavy atom. The lowest BCUT2D eigenvalue weighted by Gasteiger charge is -2.29. The van der Waals surface area contributed by atoms with E-state index >= 15 is 0 Å². The van der Waals surface area contributed by atoms with Gasteiger partial charge in [-0.25, -0.2) is 0 Å². The summed E-state index contributed by atoms with van der Waals surface area (Å²) in [6.07, 6.45) is 15.4. The summed E-state index contributed by atoms with van der Waals surface area (Å²) < 4.78 is 0. The molecule has 1 fully saturated rings. The first-order valence-corrected chi connectivity index (χ1v) is 7.71. The van der Waals surface area contributed by atoms with Crippen LogP contribution in [0.4, 0.5) is 0 Å². The van der Waals surface area contributed by atoms with Gasteiger partial charge in [-0.05, 0) is 48.8 Å². The van der Waals surface area contributed by atoms with Crippen LogP contribution in [-0.4, -0.2) is 0 Å². The van der Waals surface area contributed by atoms with E-state index in [0.29, 0.717) is 0 Å². The highest BCUT2D eigenvalue weighted by molar-refractivity contribution is 5.53. The van der Waals surface area contributed by atoms with Crippen LogP contribution in [0.25, 0.3) is 0 Å². The van der Waals surface area contributed by atoms with Gasteiger partial charge in [0, 0.05) is 5.41 Å². The maximum Gasteiger partial charge on any atom is 0.0179 e. The first-order chi connectivity index (χ1) is 9.37. The second kappa shape index (κ2) is 6.43. The first-order valence-electron chi connectivity index (χ1n) is 7.71. The van der Waals surface area contributed by atoms with Gasteiger partial charge in [-0.2, -0.15) is 0 Å². The lowest BCUT2D eigenvalue weighted by molar-refractivity contribution is 0.359. The van der Waals surface area contributed by atoms with E-state index in [1.807, 2.05) is 6.08 Å². The van der Waals surface area contributed by atoms with E-state index in [9.17, 15) is 0 Å². The van der Waals surface area contributed by atoms with Gasteiger partial charge in [-0.1, -0.05) is 70.7 Å². The summed E-state index contributed by atoms with van der Waals surface area (Å²) >= 11 is 0. The molecule has 0 aliphatic heterocycles. The predicted molar refractivity (Wildman–Crippen MR) is 91.7 cm³/mol. The zero-order valence-corrected chi connectivity index (χ0v) is 14.1. The van der Waals surface area contributed by atoms with Gasteiger partial charge in [0.25, 0.3) is 0 Å². The van der Waals surface area contributed by atoms with Crippen LogP contribution in [0.5, 0.6) is 0 Å². The number of rotatable bonds is 4. The molecule has 1 rings (SSSR count). The Labute approximate surface area is 125 Å². The van der Waals surface area contributed by atoms with Crippen molar-refractivity contribution in [2.24, 2.45) is 10.8 Å². The first kappa shape index (κ1) is 16.8. The highest BCUT2D eigenvalue weighted by Gasteiger charge is 2.47. The Morgan fingerprint density at radius 3 is 2.30 bits per heavy atom. The summed E-state index contributed by atoms with van der Waals surface area (Å²) in [5.41, 5.74) is 4.63. The lowest BCUT2D eigenvalue weighted by Crippen LogP contribution is -2.18. The van der Waals surface area contributed by atoms with Gasteiger partial charge in [0.2, 0.25) is 0 Å². The second-order valence-corrected chi connectivity index (χ2v) is 6.48.